The van der Waals surface area contributed by atoms with Crippen LogP contribution in [-0.4, -0.2) is 91.6 Å². The van der Waals surface area contributed by atoms with E-state index in [0.29, 0.717) is 25.7 Å². The average Bonchev–Trinajstić information content (AvgIpc) is 2.93. The van der Waals surface area contributed by atoms with Crippen LogP contribution in [0.15, 0.2) is 12.7 Å². The van der Waals surface area contributed by atoms with E-state index in [4.69, 9.17) is 0 Å². The number of rotatable bonds is 13. The van der Waals surface area contributed by atoms with Crippen molar-refractivity contribution in [3.05, 3.63) is 12.7 Å². The maximum absolute atomic E-state index is 14.4. The van der Waals surface area contributed by atoms with Crippen LogP contribution in [0, 0.1) is 16.7 Å². The highest BCUT2D eigenvalue weighted by atomic mass is 32.2. The van der Waals surface area contributed by atoms with E-state index in [-0.39, 0.29) is 36.6 Å². The number of amides is 5. The van der Waals surface area contributed by atoms with Crippen molar-refractivity contribution in [2.24, 2.45) is 16.7 Å². The van der Waals surface area contributed by atoms with Gasteiger partial charge in [0.25, 0.3) is 5.91 Å². The number of Topliss-reactive ketones (excluding diaryl/α,β-unsaturated/α-hetero) is 1. The lowest BCUT2D eigenvalue weighted by atomic mass is 9.71. The summed E-state index contributed by atoms with van der Waals surface area (Å²) in [4.78, 5) is 68.7. The molecule has 1 aliphatic heterocycles. The molecule has 1 heterocycles. The van der Waals surface area contributed by atoms with Gasteiger partial charge in [-0.1, -0.05) is 80.2 Å². The molecule has 2 aliphatic rings. The predicted molar refractivity (Wildman–Crippen MR) is 179 cm³/mol. The third kappa shape index (κ3) is 10.8. The number of carbonyl (C=O) groups is 5. The Morgan fingerprint density at radius 2 is 1.65 bits per heavy atom. The molecule has 2 fully saturated rings. The lowest BCUT2D eigenvalue weighted by Gasteiger charge is -2.49. The molecule has 4 atom stereocenters. The Morgan fingerprint density at radius 3 is 2.17 bits per heavy atom. The summed E-state index contributed by atoms with van der Waals surface area (Å²) in [6.07, 6.45) is 7.26. The summed E-state index contributed by atoms with van der Waals surface area (Å²) in [5.74, 6) is -2.76. The molecule has 0 bridgehead atoms. The number of hydrogen-bond acceptors (Lipinski definition) is 7. The minimum absolute atomic E-state index is 0.00738. The van der Waals surface area contributed by atoms with E-state index < -0.39 is 68.5 Å². The van der Waals surface area contributed by atoms with E-state index in [0.717, 1.165) is 25.5 Å². The van der Waals surface area contributed by atoms with Gasteiger partial charge in [-0.05, 0) is 42.4 Å². The highest BCUT2D eigenvalue weighted by Crippen LogP contribution is 2.39. The Kier molecular flexibility index (Phi) is 13.4. The number of nitrogens with one attached hydrogen (secondary N) is 4. The zero-order valence-corrected chi connectivity index (χ0v) is 29.9. The van der Waals surface area contributed by atoms with Gasteiger partial charge in [-0.15, -0.1) is 6.58 Å². The monoisotopic (exact) mass is 667 g/mol. The summed E-state index contributed by atoms with van der Waals surface area (Å²) in [6, 6.07) is -3.70. The molecule has 0 spiro atoms. The fourth-order valence-electron chi connectivity index (χ4n) is 6.45. The zero-order chi connectivity index (χ0) is 35.1. The molecule has 0 aromatic carbocycles. The van der Waals surface area contributed by atoms with Crippen molar-refractivity contribution < 1.29 is 32.4 Å². The topological polar surface area (TPSA) is 171 Å². The van der Waals surface area contributed by atoms with Gasteiger partial charge < -0.3 is 26.2 Å². The second-order valence-corrected chi connectivity index (χ2v) is 17.3. The average molecular weight is 668 g/mol. The van der Waals surface area contributed by atoms with Crippen molar-refractivity contribution >= 4 is 39.4 Å². The van der Waals surface area contributed by atoms with E-state index in [9.17, 15) is 32.4 Å². The number of nitrogens with zero attached hydrogens (tertiary/aromatic N) is 1. The molecule has 0 aromatic heterocycles. The number of piperidine rings is 1. The number of ketones is 1. The van der Waals surface area contributed by atoms with Crippen molar-refractivity contribution in [2.75, 3.05) is 25.1 Å². The second-order valence-electron chi connectivity index (χ2n) is 15.1. The first-order valence-corrected chi connectivity index (χ1v) is 18.5. The van der Waals surface area contributed by atoms with Gasteiger partial charge in [0.1, 0.15) is 21.9 Å². The number of sulfone groups is 1. The molecule has 12 nitrogen and oxygen atoms in total. The first kappa shape index (κ1) is 39.2. The second kappa shape index (κ2) is 15.8. The maximum Gasteiger partial charge on any atom is 0.315 e. The molecule has 46 heavy (non-hydrogen) atoms. The van der Waals surface area contributed by atoms with Gasteiger partial charge in [-0.2, -0.15) is 0 Å². The van der Waals surface area contributed by atoms with Crippen LogP contribution in [-0.2, 0) is 29.0 Å². The Hall–Kier alpha value is -2.96. The molecule has 1 saturated carbocycles. The Bertz CT molecular complexity index is 1250. The number of carbonyl (C=O) groups excluding carboxylic acids is 5. The van der Waals surface area contributed by atoms with Crippen molar-refractivity contribution in [2.45, 2.75) is 123 Å². The summed E-state index contributed by atoms with van der Waals surface area (Å²) < 4.78 is 24.6. The van der Waals surface area contributed by atoms with Gasteiger partial charge in [-0.3, -0.25) is 19.2 Å². The minimum Gasteiger partial charge on any atom is -0.346 e. The quantitative estimate of drug-likeness (QED) is 0.173. The molecule has 5 amide bonds. The largest absolute Gasteiger partial charge is 0.346 e. The minimum atomic E-state index is -3.40. The normalized spacial score (nSPS) is 22.5. The molecule has 262 valence electrons. The van der Waals surface area contributed by atoms with Crippen LogP contribution in [0.25, 0.3) is 0 Å². The molecule has 4 N–H and O–H groups in total. The van der Waals surface area contributed by atoms with Crippen molar-refractivity contribution in [1.29, 1.82) is 0 Å². The standard InChI is InChI=1S/C33H57N5O7S/c1-10-15-23(25(39)28(41)34-18-11-2)35-27(40)24-19-32(7,8)22(3)20-38(24)29(42)26(31(4,5)6)36-30(43)37-33(21-46(9,44)45)16-13-12-14-17-33/h11,22-24,26H,2,10,12-21H2,1,3-9H3,(H,34,41)(H,35,40)(H2,36,37,43)/t22?,23?,24-,26+/m0/s1. The molecular formula is C33H57N5O7S. The number of likely N-dealkylation sites (tertiary alicyclic amines) is 1. The van der Waals surface area contributed by atoms with Crippen LogP contribution < -0.4 is 21.3 Å². The molecule has 13 heteroatoms. The molecule has 1 saturated heterocycles. The third-order valence-corrected chi connectivity index (χ3v) is 10.5. The van der Waals surface area contributed by atoms with E-state index in [1.165, 1.54) is 11.0 Å². The van der Waals surface area contributed by atoms with Gasteiger partial charge in [-0.25, -0.2) is 13.2 Å². The highest BCUT2D eigenvalue weighted by Gasteiger charge is 2.48. The van der Waals surface area contributed by atoms with Crippen LogP contribution in [0.1, 0.15) is 99.8 Å². The Labute approximate surface area is 275 Å². The van der Waals surface area contributed by atoms with E-state index >= 15 is 0 Å². The van der Waals surface area contributed by atoms with Crippen molar-refractivity contribution in [3.8, 4) is 0 Å². The van der Waals surface area contributed by atoms with Gasteiger partial charge in [0.2, 0.25) is 17.6 Å². The molecule has 1 aliphatic carbocycles. The number of urea groups is 1. The van der Waals surface area contributed by atoms with E-state index in [1.54, 1.807) is 0 Å². The summed E-state index contributed by atoms with van der Waals surface area (Å²) in [5, 5.41) is 11.0. The first-order valence-electron chi connectivity index (χ1n) is 16.5. The van der Waals surface area contributed by atoms with Crippen LogP contribution in [0.2, 0.25) is 0 Å². The molecule has 2 unspecified atom stereocenters. The van der Waals surface area contributed by atoms with E-state index in [1.807, 2.05) is 48.5 Å². The smallest absolute Gasteiger partial charge is 0.315 e. The summed E-state index contributed by atoms with van der Waals surface area (Å²) >= 11 is 0. The lowest BCUT2D eigenvalue weighted by molar-refractivity contribution is -0.151. The Balaban J connectivity index is 2.38. The lowest BCUT2D eigenvalue weighted by Crippen LogP contribution is -2.66. The highest BCUT2D eigenvalue weighted by molar-refractivity contribution is 7.90. The summed E-state index contributed by atoms with van der Waals surface area (Å²) in [7, 11) is -3.40. The van der Waals surface area contributed by atoms with Crippen LogP contribution in [0.3, 0.4) is 0 Å². The van der Waals surface area contributed by atoms with Crippen molar-refractivity contribution in [1.82, 2.24) is 26.2 Å². The van der Waals surface area contributed by atoms with Gasteiger partial charge >= 0.3 is 6.03 Å². The fourth-order valence-corrected chi connectivity index (χ4v) is 7.82. The molecule has 0 aromatic rings. The van der Waals surface area contributed by atoms with Gasteiger partial charge in [0, 0.05) is 19.3 Å². The summed E-state index contributed by atoms with van der Waals surface area (Å²) in [5.41, 5.74) is -2.02. The van der Waals surface area contributed by atoms with Crippen LogP contribution in [0.5, 0.6) is 0 Å². The van der Waals surface area contributed by atoms with Crippen LogP contribution in [0.4, 0.5) is 4.79 Å². The van der Waals surface area contributed by atoms with Gasteiger partial charge in [0.05, 0.1) is 17.3 Å². The molecular weight excluding hydrogens is 610 g/mol. The zero-order valence-electron chi connectivity index (χ0n) is 29.1. The van der Waals surface area contributed by atoms with Gasteiger partial charge in [0.15, 0.2) is 0 Å². The number of hydrogen-bond donors (Lipinski definition) is 4. The van der Waals surface area contributed by atoms with Crippen LogP contribution >= 0.6 is 0 Å². The maximum atomic E-state index is 14.4. The predicted octanol–water partition coefficient (Wildman–Crippen LogP) is 2.87. The van der Waals surface area contributed by atoms with E-state index in [2.05, 4.69) is 27.8 Å². The Morgan fingerprint density at radius 1 is 1.04 bits per heavy atom. The van der Waals surface area contributed by atoms with Crippen molar-refractivity contribution in [3.63, 3.8) is 0 Å². The first-order chi connectivity index (χ1) is 21.2. The SMILES string of the molecule is C=CCNC(=O)C(=O)C(CCC)NC(=O)[C@@H]1CC(C)(C)C(C)CN1C(=O)[C@@H](NC(=O)NC1(CS(C)(=O)=O)CCCCC1)C(C)(C)C. The molecule has 0 radical (unpaired) electrons. The fraction of sp³-hybridized carbons (Fsp3) is 0.788. The summed E-state index contributed by atoms with van der Waals surface area (Å²) in [6.45, 7) is 17.2. The third-order valence-electron chi connectivity index (χ3n) is 9.44. The molecule has 2 rings (SSSR count).